The molecule has 0 atom stereocenters. The maximum atomic E-state index is 11.3. The van der Waals surface area contributed by atoms with Gasteiger partial charge in [0.05, 0.1) is 10.2 Å². The molecule has 0 spiro atoms. The van der Waals surface area contributed by atoms with E-state index in [1.165, 1.54) is 34.0 Å². The van der Waals surface area contributed by atoms with Crippen molar-refractivity contribution < 1.29 is 19.6 Å². The number of nitrogens with zero attached hydrogens (tertiary/aromatic N) is 4. The van der Waals surface area contributed by atoms with E-state index in [2.05, 4.69) is 0 Å². The van der Waals surface area contributed by atoms with Crippen LogP contribution in [0.4, 0.5) is 0 Å². The second-order valence-corrected chi connectivity index (χ2v) is 5.51. The zero-order chi connectivity index (χ0) is 18.5. The minimum atomic E-state index is -1.75. The number of hydrogen-bond acceptors (Lipinski definition) is 10. The molecule has 2 aromatic heterocycles. The quantitative estimate of drug-likeness (QED) is 0.148. The Balaban J connectivity index is 0. The molecule has 15 heteroatoms. The molecule has 0 bridgehead atoms. The molecule has 0 saturated heterocycles. The summed E-state index contributed by atoms with van der Waals surface area (Å²) in [7, 11) is 2.52. The van der Waals surface area contributed by atoms with Gasteiger partial charge in [-0.25, -0.2) is 0 Å². The molecule has 2 heterocycles. The largest absolute Gasteiger partial charge is 2.00 e. The fourth-order valence-corrected chi connectivity index (χ4v) is 3.03. The zero-order valence-electron chi connectivity index (χ0n) is 12.0. The topological polar surface area (TPSA) is 186 Å². The van der Waals surface area contributed by atoms with Crippen LogP contribution >= 0.6 is 21.6 Å². The van der Waals surface area contributed by atoms with Crippen molar-refractivity contribution in [2.75, 3.05) is 0 Å². The van der Waals surface area contributed by atoms with E-state index in [-0.39, 0.29) is 23.9 Å². The van der Waals surface area contributed by atoms with Gasteiger partial charge in [-0.1, -0.05) is 0 Å². The van der Waals surface area contributed by atoms with E-state index in [9.17, 15) is 10.4 Å². The maximum Gasteiger partial charge on any atom is 2.00 e. The molecule has 2 rings (SSSR count). The van der Waals surface area contributed by atoms with Gasteiger partial charge < -0.3 is 41.1 Å². The Morgan fingerprint density at radius 3 is 1.24 bits per heavy atom. The molecule has 2 aromatic rings. The molecule has 0 amide bonds. The maximum absolute atomic E-state index is 11.3. The molecule has 12 nitrogen and oxygen atoms in total. The van der Waals surface area contributed by atoms with Crippen LogP contribution in [0.5, 0.6) is 0 Å². The number of hydrogen-bond donors (Lipinski definition) is 0. The average Bonchev–Trinajstić information content (AvgIpc) is 2.47. The van der Waals surface area contributed by atoms with Gasteiger partial charge >= 0.3 is 23.9 Å². The van der Waals surface area contributed by atoms with Crippen molar-refractivity contribution in [3.63, 3.8) is 0 Å². The van der Waals surface area contributed by atoms with Crippen LogP contribution in [-0.4, -0.2) is 34.1 Å². The van der Waals surface area contributed by atoms with Crippen molar-refractivity contribution in [3.05, 3.63) is 89.8 Å². The van der Waals surface area contributed by atoms with Crippen molar-refractivity contribution >= 4 is 45.5 Å². The van der Waals surface area contributed by atoms with Crippen LogP contribution in [0.1, 0.15) is 0 Å². The zero-order valence-corrected chi connectivity index (χ0v) is 16.5. The van der Waals surface area contributed by atoms with Crippen molar-refractivity contribution in [1.82, 2.24) is 0 Å². The van der Waals surface area contributed by atoms with Crippen LogP contribution in [0, 0.1) is 41.1 Å². The Morgan fingerprint density at radius 1 is 0.720 bits per heavy atom. The molecule has 2 radical (unpaired) electrons. The monoisotopic (exact) mass is 496 g/mol. The van der Waals surface area contributed by atoms with Crippen molar-refractivity contribution in [1.29, 1.82) is 0 Å². The fourth-order valence-electron chi connectivity index (χ4n) is 1.04. The van der Waals surface area contributed by atoms with Crippen LogP contribution < -0.4 is 9.46 Å². The van der Waals surface area contributed by atoms with Gasteiger partial charge in [0.1, 0.15) is 0 Å². The Kier molecular flexibility index (Phi) is 14.2. The predicted molar refractivity (Wildman–Crippen MR) is 89.0 cm³/mol. The Morgan fingerprint density at radius 2 is 1.00 bits per heavy atom. The van der Waals surface area contributed by atoms with Crippen LogP contribution in [0.25, 0.3) is 0 Å². The minimum Gasteiger partial charge on any atom is -0.618 e. The third kappa shape index (κ3) is 13.9. The van der Waals surface area contributed by atoms with E-state index in [1.807, 2.05) is 0 Å². The van der Waals surface area contributed by atoms with Gasteiger partial charge in [-0.2, -0.15) is 9.46 Å². The van der Waals surface area contributed by atoms with Crippen molar-refractivity contribution in [2.24, 2.45) is 0 Å². The summed E-state index contributed by atoms with van der Waals surface area (Å²) in [5.74, 6) is 0. The molecular formula is C10H8N4O8S2Sn. The van der Waals surface area contributed by atoms with Gasteiger partial charge in [-0.05, 0) is 12.1 Å². The molecule has 0 aromatic carbocycles. The van der Waals surface area contributed by atoms with E-state index in [0.29, 0.717) is 10.1 Å². The first-order valence-electron chi connectivity index (χ1n) is 5.58. The first kappa shape index (κ1) is 25.0. The first-order chi connectivity index (χ1) is 11.2. The molecule has 0 aliphatic rings. The first-order valence-corrected chi connectivity index (χ1v) is 7.73. The average molecular weight is 495 g/mol. The van der Waals surface area contributed by atoms with E-state index in [0.717, 1.165) is 9.46 Å². The van der Waals surface area contributed by atoms with Gasteiger partial charge in [-0.15, -0.1) is 0 Å². The summed E-state index contributed by atoms with van der Waals surface area (Å²) in [5, 5.41) is 53.3. The van der Waals surface area contributed by atoms with Crippen LogP contribution in [0.15, 0.2) is 58.8 Å². The molecular weight excluding hydrogens is 487 g/mol. The van der Waals surface area contributed by atoms with Gasteiger partial charge in [-0.3, -0.25) is 0 Å². The third-order valence-corrected chi connectivity index (χ3v) is 4.12. The molecule has 0 aliphatic heterocycles. The van der Waals surface area contributed by atoms with Gasteiger partial charge in [0.2, 0.25) is 0 Å². The summed E-state index contributed by atoms with van der Waals surface area (Å²) in [6, 6.07) is 10.3. The minimum absolute atomic E-state index is 0. The third-order valence-electron chi connectivity index (χ3n) is 1.79. The Labute approximate surface area is 164 Å². The number of aromatic nitrogens is 2. The van der Waals surface area contributed by atoms with Gasteiger partial charge in [0.15, 0.2) is 12.4 Å². The molecule has 0 unspecified atom stereocenters. The molecule has 132 valence electrons. The standard InChI is InChI=1S/C10H8N2O2S2.2NO3.Sn/c13-11-7-3-1-5-9(11)15-16-10-6-2-4-8-12(10)14;2*2-1(3)4;/h1-8H;;;/q;2*-1;+2. The second-order valence-electron chi connectivity index (χ2n) is 3.34. The van der Waals surface area contributed by atoms with E-state index in [1.54, 1.807) is 36.4 Å². The van der Waals surface area contributed by atoms with E-state index < -0.39 is 10.2 Å². The van der Waals surface area contributed by atoms with Crippen LogP contribution in [-0.2, 0) is 0 Å². The van der Waals surface area contributed by atoms with Crippen molar-refractivity contribution in [3.8, 4) is 0 Å². The van der Waals surface area contributed by atoms with Crippen LogP contribution in [0.2, 0.25) is 0 Å². The number of pyridine rings is 2. The Hall–Kier alpha value is -2.20. The summed E-state index contributed by atoms with van der Waals surface area (Å²) < 4.78 is 1.55. The number of rotatable bonds is 3. The van der Waals surface area contributed by atoms with Gasteiger partial charge in [0.25, 0.3) is 10.1 Å². The SMILES string of the molecule is O=[N+]([O-])[O-].O=[N+]([O-])[O-].[O-][n+]1ccccc1SSc1cccc[n+]1[O-].[Sn+2]. The smallest absolute Gasteiger partial charge is 0.618 e. The summed E-state index contributed by atoms with van der Waals surface area (Å²) in [6.07, 6.45) is 2.86. The Bertz CT molecular complexity index is 615. The second kappa shape index (κ2) is 14.2. The summed E-state index contributed by atoms with van der Waals surface area (Å²) in [6.45, 7) is 0. The fraction of sp³-hybridized carbons (Fsp3) is 0. The molecule has 0 N–H and O–H groups in total. The molecule has 0 fully saturated rings. The normalized spacial score (nSPS) is 8.48. The van der Waals surface area contributed by atoms with Gasteiger partial charge in [0, 0.05) is 45.9 Å². The molecule has 0 saturated carbocycles. The van der Waals surface area contributed by atoms with Crippen molar-refractivity contribution in [2.45, 2.75) is 10.1 Å². The molecule has 25 heavy (non-hydrogen) atoms. The molecule has 0 aliphatic carbocycles. The van der Waals surface area contributed by atoms with E-state index in [4.69, 9.17) is 30.6 Å². The van der Waals surface area contributed by atoms with Crippen LogP contribution in [0.3, 0.4) is 0 Å². The van der Waals surface area contributed by atoms with E-state index >= 15 is 0 Å². The summed E-state index contributed by atoms with van der Waals surface area (Å²) >= 11 is 0. The summed E-state index contributed by atoms with van der Waals surface area (Å²) in [5.41, 5.74) is 0. The predicted octanol–water partition coefficient (Wildman–Crippen LogP) is 0.894. The summed E-state index contributed by atoms with van der Waals surface area (Å²) in [4.78, 5) is 16.5.